The van der Waals surface area contributed by atoms with E-state index in [1.165, 1.54) is 12.3 Å². The van der Waals surface area contributed by atoms with E-state index in [1.807, 2.05) is 0 Å². The molecule has 1 atom stereocenters. The lowest BCUT2D eigenvalue weighted by atomic mass is 10.1. The van der Waals surface area contributed by atoms with Crippen LogP contribution in [0.15, 0.2) is 12.3 Å². The van der Waals surface area contributed by atoms with Gasteiger partial charge in [-0.25, -0.2) is 4.98 Å². The number of aromatic nitrogens is 1. The molecule has 0 aromatic carbocycles. The molecule has 0 radical (unpaired) electrons. The second-order valence-electron chi connectivity index (χ2n) is 4.42. The summed E-state index contributed by atoms with van der Waals surface area (Å²) in [5.74, 6) is 0.394. The first kappa shape index (κ1) is 15.1. The fourth-order valence-electron chi connectivity index (χ4n) is 2.23. The number of carboxylic acids is 1. The molecule has 0 aliphatic carbocycles. The van der Waals surface area contributed by atoms with Crippen molar-refractivity contribution in [3.8, 4) is 6.07 Å². The number of anilines is 1. The first-order valence-electron chi connectivity index (χ1n) is 6.14. The van der Waals surface area contributed by atoms with Crippen molar-refractivity contribution in [3.05, 3.63) is 27.9 Å². The SMILES string of the molecule is N#Cc1ccnc(N2CCSCC2CC(=O)O)c1[N+](=O)[O-]. The highest BCUT2D eigenvalue weighted by atomic mass is 32.2. The Morgan fingerprint density at radius 2 is 2.48 bits per heavy atom. The normalized spacial score (nSPS) is 18.0. The van der Waals surface area contributed by atoms with E-state index in [-0.39, 0.29) is 29.5 Å². The van der Waals surface area contributed by atoms with Crippen molar-refractivity contribution >= 4 is 29.2 Å². The molecular weight excluding hydrogens is 296 g/mol. The predicted octanol–water partition coefficient (Wildman–Crippen LogP) is 1.26. The zero-order chi connectivity index (χ0) is 15.4. The Labute approximate surface area is 124 Å². The van der Waals surface area contributed by atoms with Gasteiger partial charge in [-0.2, -0.15) is 17.0 Å². The van der Waals surface area contributed by atoms with Crippen LogP contribution in [-0.4, -0.2) is 45.1 Å². The number of carbonyl (C=O) groups is 1. The monoisotopic (exact) mass is 308 g/mol. The quantitative estimate of drug-likeness (QED) is 0.652. The van der Waals surface area contributed by atoms with Gasteiger partial charge in [0.2, 0.25) is 5.82 Å². The van der Waals surface area contributed by atoms with Gasteiger partial charge in [0.15, 0.2) is 0 Å². The average Bonchev–Trinajstić information content (AvgIpc) is 2.46. The molecule has 1 aromatic heterocycles. The molecule has 0 spiro atoms. The zero-order valence-electron chi connectivity index (χ0n) is 10.9. The van der Waals surface area contributed by atoms with Crippen LogP contribution in [0.25, 0.3) is 0 Å². The number of nitrogens with zero attached hydrogens (tertiary/aromatic N) is 4. The maximum absolute atomic E-state index is 11.2. The van der Waals surface area contributed by atoms with Crippen molar-refractivity contribution in [3.63, 3.8) is 0 Å². The zero-order valence-corrected chi connectivity index (χ0v) is 11.7. The Kier molecular flexibility index (Phi) is 4.59. The summed E-state index contributed by atoms with van der Waals surface area (Å²) >= 11 is 1.60. The Bertz CT molecular complexity index is 616. The first-order valence-corrected chi connectivity index (χ1v) is 7.29. The summed E-state index contributed by atoms with van der Waals surface area (Å²) in [7, 11) is 0. The second-order valence-corrected chi connectivity index (χ2v) is 5.57. The molecule has 0 saturated carbocycles. The summed E-state index contributed by atoms with van der Waals surface area (Å²) < 4.78 is 0. The van der Waals surface area contributed by atoms with Gasteiger partial charge in [0.25, 0.3) is 0 Å². The Balaban J connectivity index is 2.46. The van der Waals surface area contributed by atoms with Crippen LogP contribution in [-0.2, 0) is 4.79 Å². The third-order valence-corrected chi connectivity index (χ3v) is 4.21. The molecule has 1 unspecified atom stereocenters. The van der Waals surface area contributed by atoms with Crippen LogP contribution in [0.4, 0.5) is 11.5 Å². The molecule has 1 aliphatic heterocycles. The summed E-state index contributed by atoms with van der Waals surface area (Å²) in [6.07, 6.45) is 1.21. The fraction of sp³-hybridized carbons (Fsp3) is 0.417. The van der Waals surface area contributed by atoms with Crippen LogP contribution in [0.3, 0.4) is 0 Å². The van der Waals surface area contributed by atoms with Crippen LogP contribution in [0, 0.1) is 21.4 Å². The third-order valence-electron chi connectivity index (χ3n) is 3.12. The Morgan fingerprint density at radius 1 is 1.71 bits per heavy atom. The molecule has 0 amide bonds. The van der Waals surface area contributed by atoms with E-state index in [2.05, 4.69) is 4.98 Å². The lowest BCUT2D eigenvalue weighted by molar-refractivity contribution is -0.384. The standard InChI is InChI=1S/C12H12N4O4S/c13-6-8-1-2-14-12(11(8)16(19)20)15-3-4-21-7-9(15)5-10(17)18/h1-2,9H,3-5,7H2,(H,17,18). The molecular formula is C12H12N4O4S. The van der Waals surface area contributed by atoms with Crippen molar-refractivity contribution in [2.45, 2.75) is 12.5 Å². The lowest BCUT2D eigenvalue weighted by Crippen LogP contribution is -2.44. The number of thioether (sulfide) groups is 1. The van der Waals surface area contributed by atoms with Gasteiger partial charge in [-0.05, 0) is 6.07 Å². The van der Waals surface area contributed by atoms with Gasteiger partial charge in [-0.1, -0.05) is 0 Å². The number of pyridine rings is 1. The summed E-state index contributed by atoms with van der Waals surface area (Å²) in [6, 6.07) is 2.69. The number of nitriles is 1. The van der Waals surface area contributed by atoms with E-state index in [0.717, 1.165) is 5.75 Å². The van der Waals surface area contributed by atoms with Crippen molar-refractivity contribution in [2.75, 3.05) is 23.0 Å². The number of hydrogen-bond donors (Lipinski definition) is 1. The fourth-order valence-corrected chi connectivity index (χ4v) is 3.29. The van der Waals surface area contributed by atoms with E-state index in [0.29, 0.717) is 12.3 Å². The molecule has 1 aliphatic rings. The molecule has 8 nitrogen and oxygen atoms in total. The molecule has 0 bridgehead atoms. The summed E-state index contributed by atoms with van der Waals surface area (Å²) in [6.45, 7) is 0.464. The van der Waals surface area contributed by atoms with Crippen molar-refractivity contribution in [1.29, 1.82) is 5.26 Å². The second kappa shape index (κ2) is 6.41. The van der Waals surface area contributed by atoms with E-state index in [9.17, 15) is 14.9 Å². The number of hydrogen-bond acceptors (Lipinski definition) is 7. The smallest absolute Gasteiger partial charge is 0.329 e. The Morgan fingerprint density at radius 3 is 3.10 bits per heavy atom. The predicted molar refractivity (Wildman–Crippen MR) is 76.3 cm³/mol. The van der Waals surface area contributed by atoms with Gasteiger partial charge in [-0.15, -0.1) is 0 Å². The lowest BCUT2D eigenvalue weighted by Gasteiger charge is -2.35. The topological polar surface area (TPSA) is 120 Å². The summed E-state index contributed by atoms with van der Waals surface area (Å²) in [4.78, 5) is 27.2. The third kappa shape index (κ3) is 3.22. The van der Waals surface area contributed by atoms with Gasteiger partial charge in [-0.3, -0.25) is 14.9 Å². The van der Waals surface area contributed by atoms with E-state index < -0.39 is 10.9 Å². The maximum atomic E-state index is 11.2. The molecule has 2 heterocycles. The van der Waals surface area contributed by atoms with Crippen LogP contribution in [0.2, 0.25) is 0 Å². The van der Waals surface area contributed by atoms with E-state index in [4.69, 9.17) is 10.4 Å². The van der Waals surface area contributed by atoms with Gasteiger partial charge in [0.05, 0.1) is 17.4 Å². The summed E-state index contributed by atoms with van der Waals surface area (Å²) in [5, 5.41) is 29.2. The minimum Gasteiger partial charge on any atom is -0.481 e. The van der Waals surface area contributed by atoms with Gasteiger partial charge < -0.3 is 10.0 Å². The summed E-state index contributed by atoms with van der Waals surface area (Å²) in [5.41, 5.74) is -0.431. The van der Waals surface area contributed by atoms with E-state index >= 15 is 0 Å². The molecule has 1 saturated heterocycles. The number of aliphatic carboxylic acids is 1. The highest BCUT2D eigenvalue weighted by molar-refractivity contribution is 7.99. The van der Waals surface area contributed by atoms with Crippen molar-refractivity contribution in [1.82, 2.24) is 4.98 Å². The molecule has 21 heavy (non-hydrogen) atoms. The maximum Gasteiger partial charge on any atom is 0.329 e. The van der Waals surface area contributed by atoms with Gasteiger partial charge >= 0.3 is 11.7 Å². The molecule has 1 aromatic rings. The number of carboxylic acid groups (broad SMARTS) is 1. The molecule has 9 heteroatoms. The van der Waals surface area contributed by atoms with E-state index in [1.54, 1.807) is 22.7 Å². The van der Waals surface area contributed by atoms with Crippen LogP contribution >= 0.6 is 11.8 Å². The molecule has 110 valence electrons. The number of rotatable bonds is 4. The van der Waals surface area contributed by atoms with Crippen molar-refractivity contribution < 1.29 is 14.8 Å². The minimum absolute atomic E-state index is 0.0719. The molecule has 2 rings (SSSR count). The van der Waals surface area contributed by atoms with Crippen LogP contribution in [0.5, 0.6) is 0 Å². The number of nitro groups is 1. The molecule has 1 N–H and O–H groups in total. The highest BCUT2D eigenvalue weighted by Gasteiger charge is 2.32. The van der Waals surface area contributed by atoms with Crippen molar-refractivity contribution in [2.24, 2.45) is 0 Å². The minimum atomic E-state index is -0.966. The molecule has 1 fully saturated rings. The van der Waals surface area contributed by atoms with Crippen LogP contribution < -0.4 is 4.90 Å². The largest absolute Gasteiger partial charge is 0.481 e. The van der Waals surface area contributed by atoms with Gasteiger partial charge in [0.1, 0.15) is 11.6 Å². The Hall–Kier alpha value is -2.34. The highest BCUT2D eigenvalue weighted by Crippen LogP contribution is 2.33. The van der Waals surface area contributed by atoms with Gasteiger partial charge in [0, 0.05) is 24.2 Å². The van der Waals surface area contributed by atoms with Crippen LogP contribution in [0.1, 0.15) is 12.0 Å². The average molecular weight is 308 g/mol. The first-order chi connectivity index (χ1) is 10.0.